The molecule has 3 rings (SSSR count). The number of pyridine rings is 2. The highest BCUT2D eigenvalue weighted by molar-refractivity contribution is 5.95. The number of hydrogen-bond donors (Lipinski definition) is 2. The number of rotatable bonds is 5. The zero-order chi connectivity index (χ0) is 15.5. The molecule has 2 aromatic heterocycles. The van der Waals surface area contributed by atoms with Gasteiger partial charge in [-0.1, -0.05) is 0 Å². The van der Waals surface area contributed by atoms with Gasteiger partial charge in [0.1, 0.15) is 5.82 Å². The van der Waals surface area contributed by atoms with E-state index in [4.69, 9.17) is 0 Å². The summed E-state index contributed by atoms with van der Waals surface area (Å²) in [6.07, 6.45) is 5.72. The Balaban J connectivity index is 1.80. The molecule has 0 radical (unpaired) electrons. The van der Waals surface area contributed by atoms with Gasteiger partial charge in [0, 0.05) is 25.0 Å². The molecule has 1 atom stereocenters. The molecule has 2 aromatic rings. The molecule has 0 saturated heterocycles. The molecule has 0 spiro atoms. The molecule has 5 heteroatoms. The number of aryl methyl sites for hydroxylation is 1. The van der Waals surface area contributed by atoms with Gasteiger partial charge in [-0.25, -0.2) is 4.98 Å². The Hall–Kier alpha value is -2.43. The van der Waals surface area contributed by atoms with Crippen LogP contribution < -0.4 is 10.6 Å². The van der Waals surface area contributed by atoms with Gasteiger partial charge in [0.05, 0.1) is 11.7 Å². The Morgan fingerprint density at radius 2 is 2.00 bits per heavy atom. The van der Waals surface area contributed by atoms with Crippen LogP contribution in [0, 0.1) is 12.8 Å². The Morgan fingerprint density at radius 1 is 1.23 bits per heavy atom. The van der Waals surface area contributed by atoms with E-state index < -0.39 is 0 Å². The first kappa shape index (κ1) is 14.5. The number of hydrogen-bond acceptors (Lipinski definition) is 4. The average molecular weight is 296 g/mol. The van der Waals surface area contributed by atoms with Gasteiger partial charge in [-0.15, -0.1) is 0 Å². The van der Waals surface area contributed by atoms with Crippen molar-refractivity contribution in [1.82, 2.24) is 15.3 Å². The molecule has 1 amide bonds. The quantitative estimate of drug-likeness (QED) is 0.890. The highest BCUT2D eigenvalue weighted by Gasteiger charge is 2.34. The summed E-state index contributed by atoms with van der Waals surface area (Å²) in [6.45, 7) is 2.04. The first-order chi connectivity index (χ1) is 10.7. The number of aromatic nitrogens is 2. The summed E-state index contributed by atoms with van der Waals surface area (Å²) in [5.74, 6) is 1.09. The first-order valence-electron chi connectivity index (χ1n) is 7.54. The van der Waals surface area contributed by atoms with E-state index in [0.29, 0.717) is 17.3 Å². The van der Waals surface area contributed by atoms with Gasteiger partial charge in [-0.2, -0.15) is 0 Å². The molecule has 22 heavy (non-hydrogen) atoms. The standard InChI is InChI=1S/C17H20N4O/c1-11-5-7-19-14(9-11)16(12-3-4-12)21-17(22)13-6-8-20-15(10-13)18-2/h5-10,12,16H,3-4H2,1-2H3,(H,18,20)(H,21,22)/t16-/m1/s1. The average Bonchev–Trinajstić information content (AvgIpc) is 3.37. The van der Waals surface area contributed by atoms with Gasteiger partial charge in [0.2, 0.25) is 0 Å². The minimum Gasteiger partial charge on any atom is -0.373 e. The number of amides is 1. The second-order valence-corrected chi connectivity index (χ2v) is 5.73. The van der Waals surface area contributed by atoms with Gasteiger partial charge in [-0.05, 0) is 55.5 Å². The SMILES string of the molecule is CNc1cc(C(=O)N[C@@H](c2cc(C)ccn2)C2CC2)ccn1. The molecule has 5 nitrogen and oxygen atoms in total. The number of nitrogens with one attached hydrogen (secondary N) is 2. The highest BCUT2D eigenvalue weighted by Crippen LogP contribution is 2.40. The van der Waals surface area contributed by atoms with Crippen molar-refractivity contribution in [3.63, 3.8) is 0 Å². The lowest BCUT2D eigenvalue weighted by Gasteiger charge is -2.18. The maximum atomic E-state index is 12.5. The molecule has 0 bridgehead atoms. The van der Waals surface area contributed by atoms with Crippen LogP contribution in [0.15, 0.2) is 36.7 Å². The summed E-state index contributed by atoms with van der Waals surface area (Å²) in [5, 5.41) is 6.08. The minimum absolute atomic E-state index is 0.0152. The fourth-order valence-electron chi connectivity index (χ4n) is 2.53. The summed E-state index contributed by atoms with van der Waals surface area (Å²) < 4.78 is 0. The Morgan fingerprint density at radius 3 is 2.68 bits per heavy atom. The van der Waals surface area contributed by atoms with E-state index in [-0.39, 0.29) is 11.9 Å². The summed E-state index contributed by atoms with van der Waals surface area (Å²) >= 11 is 0. The van der Waals surface area contributed by atoms with Crippen molar-refractivity contribution < 1.29 is 4.79 Å². The second kappa shape index (κ2) is 6.13. The predicted molar refractivity (Wildman–Crippen MR) is 85.7 cm³/mol. The van der Waals surface area contributed by atoms with E-state index in [1.54, 1.807) is 31.6 Å². The summed E-state index contributed by atoms with van der Waals surface area (Å²) in [5.41, 5.74) is 2.71. The van der Waals surface area contributed by atoms with Crippen LogP contribution in [-0.4, -0.2) is 22.9 Å². The molecule has 1 aliphatic carbocycles. The molecule has 1 saturated carbocycles. The third-order valence-electron chi connectivity index (χ3n) is 3.91. The Bertz CT molecular complexity index is 682. The van der Waals surface area contributed by atoms with Crippen LogP contribution in [0.25, 0.3) is 0 Å². The van der Waals surface area contributed by atoms with E-state index in [1.165, 1.54) is 0 Å². The summed E-state index contributed by atoms with van der Waals surface area (Å²) in [7, 11) is 1.79. The number of nitrogens with zero attached hydrogens (tertiary/aromatic N) is 2. The Kier molecular flexibility index (Phi) is 4.04. The van der Waals surface area contributed by atoms with Crippen molar-refractivity contribution in [3.8, 4) is 0 Å². The Labute approximate surface area is 130 Å². The molecule has 0 aliphatic heterocycles. The van der Waals surface area contributed by atoms with E-state index >= 15 is 0 Å². The van der Waals surface area contributed by atoms with Crippen molar-refractivity contribution in [1.29, 1.82) is 0 Å². The van der Waals surface area contributed by atoms with Crippen LogP contribution in [0.3, 0.4) is 0 Å². The monoisotopic (exact) mass is 296 g/mol. The van der Waals surface area contributed by atoms with Crippen LogP contribution in [0.2, 0.25) is 0 Å². The largest absolute Gasteiger partial charge is 0.373 e. The van der Waals surface area contributed by atoms with Crippen molar-refractivity contribution >= 4 is 11.7 Å². The molecule has 1 aliphatic rings. The maximum absolute atomic E-state index is 12.5. The summed E-state index contributed by atoms with van der Waals surface area (Å²) in [6, 6.07) is 7.48. The molecular formula is C17H20N4O. The maximum Gasteiger partial charge on any atom is 0.252 e. The third-order valence-corrected chi connectivity index (χ3v) is 3.91. The van der Waals surface area contributed by atoms with Crippen molar-refractivity contribution in [3.05, 3.63) is 53.5 Å². The van der Waals surface area contributed by atoms with Crippen molar-refractivity contribution in [2.75, 3.05) is 12.4 Å². The van der Waals surface area contributed by atoms with Gasteiger partial charge < -0.3 is 10.6 Å². The van der Waals surface area contributed by atoms with Crippen LogP contribution in [-0.2, 0) is 0 Å². The topological polar surface area (TPSA) is 66.9 Å². The molecule has 0 unspecified atom stereocenters. The van der Waals surface area contributed by atoms with Crippen molar-refractivity contribution in [2.45, 2.75) is 25.8 Å². The first-order valence-corrected chi connectivity index (χ1v) is 7.54. The lowest BCUT2D eigenvalue weighted by molar-refractivity contribution is 0.0930. The van der Waals surface area contributed by atoms with Crippen LogP contribution in [0.4, 0.5) is 5.82 Å². The molecular weight excluding hydrogens is 276 g/mol. The minimum atomic E-state index is -0.0842. The smallest absolute Gasteiger partial charge is 0.252 e. The van der Waals surface area contributed by atoms with Gasteiger partial charge >= 0.3 is 0 Å². The van der Waals surface area contributed by atoms with Gasteiger partial charge in [0.25, 0.3) is 5.91 Å². The lowest BCUT2D eigenvalue weighted by atomic mass is 10.1. The highest BCUT2D eigenvalue weighted by atomic mass is 16.1. The van der Waals surface area contributed by atoms with E-state index in [0.717, 1.165) is 24.1 Å². The van der Waals surface area contributed by atoms with Gasteiger partial charge in [-0.3, -0.25) is 9.78 Å². The van der Waals surface area contributed by atoms with Crippen LogP contribution in [0.1, 0.15) is 40.5 Å². The number of anilines is 1. The molecule has 1 fully saturated rings. The molecule has 114 valence electrons. The van der Waals surface area contributed by atoms with E-state index in [2.05, 4.69) is 26.7 Å². The zero-order valence-corrected chi connectivity index (χ0v) is 12.8. The number of carbonyl (C=O) groups excluding carboxylic acids is 1. The summed E-state index contributed by atoms with van der Waals surface area (Å²) in [4.78, 5) is 21.1. The van der Waals surface area contributed by atoms with E-state index in [9.17, 15) is 4.79 Å². The lowest BCUT2D eigenvalue weighted by Crippen LogP contribution is -2.30. The molecule has 2 heterocycles. The molecule has 0 aromatic carbocycles. The van der Waals surface area contributed by atoms with Crippen LogP contribution in [0.5, 0.6) is 0 Å². The predicted octanol–water partition coefficient (Wildman–Crippen LogP) is 2.71. The van der Waals surface area contributed by atoms with Gasteiger partial charge in [0.15, 0.2) is 0 Å². The molecule has 2 N–H and O–H groups in total. The number of carbonyl (C=O) groups is 1. The normalized spacial score (nSPS) is 15.2. The van der Waals surface area contributed by atoms with Crippen LogP contribution >= 0.6 is 0 Å². The second-order valence-electron chi connectivity index (χ2n) is 5.73. The fraction of sp³-hybridized carbons (Fsp3) is 0.353. The third kappa shape index (κ3) is 3.24. The zero-order valence-electron chi connectivity index (χ0n) is 12.8. The fourth-order valence-corrected chi connectivity index (χ4v) is 2.53. The van der Waals surface area contributed by atoms with E-state index in [1.807, 2.05) is 13.0 Å². The van der Waals surface area contributed by atoms with Crippen molar-refractivity contribution in [2.24, 2.45) is 5.92 Å².